The van der Waals surface area contributed by atoms with Gasteiger partial charge in [0.15, 0.2) is 0 Å². The van der Waals surface area contributed by atoms with Gasteiger partial charge in [0.25, 0.3) is 5.91 Å². The van der Waals surface area contributed by atoms with E-state index in [1.54, 1.807) is 0 Å². The molecule has 4 rings (SSSR count). The normalized spacial score (nSPS) is 15.7. The van der Waals surface area contributed by atoms with E-state index >= 15 is 0 Å². The van der Waals surface area contributed by atoms with Crippen molar-refractivity contribution in [2.75, 3.05) is 13.1 Å². The first-order valence-electron chi connectivity index (χ1n) is 11.1. The maximum atomic E-state index is 13.3. The van der Waals surface area contributed by atoms with Crippen LogP contribution in [0, 0.1) is 6.92 Å². The maximum absolute atomic E-state index is 13.3. The second-order valence-corrected chi connectivity index (χ2v) is 10.7. The van der Waals surface area contributed by atoms with Crippen LogP contribution in [0.5, 0.6) is 0 Å². The van der Waals surface area contributed by atoms with E-state index in [0.29, 0.717) is 13.1 Å². The van der Waals surface area contributed by atoms with Crippen LogP contribution in [0.2, 0.25) is 5.02 Å². The summed E-state index contributed by atoms with van der Waals surface area (Å²) in [7, 11) is -3.68. The van der Waals surface area contributed by atoms with Gasteiger partial charge in [-0.15, -0.1) is 0 Å². The highest BCUT2D eigenvalue weighted by Gasteiger charge is 2.28. The summed E-state index contributed by atoms with van der Waals surface area (Å²) in [5.74, 6) is -0.426. The van der Waals surface area contributed by atoms with Crippen LogP contribution >= 0.6 is 11.6 Å². The average Bonchev–Trinajstić information content (AvgIpc) is 2.84. The number of nitrogens with zero attached hydrogens (tertiary/aromatic N) is 1. The smallest absolute Gasteiger partial charge is 0.253 e. The summed E-state index contributed by atoms with van der Waals surface area (Å²) in [4.78, 5) is 13.4. The number of benzene rings is 3. The Morgan fingerprint density at radius 1 is 0.909 bits per heavy atom. The SMILES string of the molecule is Cc1ccc(C(NC(=O)c2cc(S(=O)(=O)N3CCCCC3)ccc2Cl)c2ccccc2)cc1. The number of rotatable bonds is 6. The lowest BCUT2D eigenvalue weighted by atomic mass is 9.97. The van der Waals surface area contributed by atoms with Crippen LogP contribution in [0.15, 0.2) is 77.7 Å². The molecule has 1 atom stereocenters. The highest BCUT2D eigenvalue weighted by Crippen LogP contribution is 2.27. The zero-order chi connectivity index (χ0) is 23.4. The fourth-order valence-electron chi connectivity index (χ4n) is 4.07. The summed E-state index contributed by atoms with van der Waals surface area (Å²) < 4.78 is 27.7. The van der Waals surface area contributed by atoms with Crippen molar-refractivity contribution < 1.29 is 13.2 Å². The van der Waals surface area contributed by atoms with Gasteiger partial charge in [-0.05, 0) is 49.1 Å². The number of amides is 1. The molecular formula is C26H27ClN2O3S. The lowest BCUT2D eigenvalue weighted by molar-refractivity contribution is 0.0943. The van der Waals surface area contributed by atoms with Gasteiger partial charge in [-0.1, -0.05) is 78.2 Å². The molecule has 5 nitrogen and oxygen atoms in total. The number of hydrogen-bond acceptors (Lipinski definition) is 3. The minimum absolute atomic E-state index is 0.0885. The fourth-order valence-corrected chi connectivity index (χ4v) is 5.81. The number of aryl methyl sites for hydroxylation is 1. The van der Waals surface area contributed by atoms with Gasteiger partial charge in [-0.2, -0.15) is 4.31 Å². The summed E-state index contributed by atoms with van der Waals surface area (Å²) in [6, 6.07) is 21.5. The molecule has 33 heavy (non-hydrogen) atoms. The Morgan fingerprint density at radius 3 is 2.21 bits per heavy atom. The van der Waals surface area contributed by atoms with Gasteiger partial charge in [0, 0.05) is 13.1 Å². The second-order valence-electron chi connectivity index (χ2n) is 8.33. The van der Waals surface area contributed by atoms with Gasteiger partial charge in [0.1, 0.15) is 0 Å². The van der Waals surface area contributed by atoms with Crippen molar-refractivity contribution >= 4 is 27.5 Å². The highest BCUT2D eigenvalue weighted by atomic mass is 35.5. The molecule has 1 saturated heterocycles. The van der Waals surface area contributed by atoms with Gasteiger partial charge in [-0.25, -0.2) is 8.42 Å². The topological polar surface area (TPSA) is 66.5 Å². The molecule has 7 heteroatoms. The van der Waals surface area contributed by atoms with E-state index in [0.717, 1.165) is 36.0 Å². The number of carbonyl (C=O) groups excluding carboxylic acids is 1. The maximum Gasteiger partial charge on any atom is 0.253 e. The minimum atomic E-state index is -3.68. The van der Waals surface area contributed by atoms with Crippen molar-refractivity contribution in [3.8, 4) is 0 Å². The van der Waals surface area contributed by atoms with Crippen molar-refractivity contribution in [1.29, 1.82) is 0 Å². The molecule has 3 aromatic carbocycles. The number of hydrogen-bond donors (Lipinski definition) is 1. The van der Waals surface area contributed by atoms with Crippen molar-refractivity contribution in [1.82, 2.24) is 9.62 Å². The number of piperidine rings is 1. The van der Waals surface area contributed by atoms with Crippen LogP contribution in [-0.2, 0) is 10.0 Å². The largest absolute Gasteiger partial charge is 0.341 e. The molecule has 3 aromatic rings. The molecule has 1 amide bonds. The molecule has 1 unspecified atom stereocenters. The highest BCUT2D eigenvalue weighted by molar-refractivity contribution is 7.89. The zero-order valence-corrected chi connectivity index (χ0v) is 20.1. The first-order valence-corrected chi connectivity index (χ1v) is 12.9. The van der Waals surface area contributed by atoms with Crippen LogP contribution in [0.25, 0.3) is 0 Å². The third-order valence-electron chi connectivity index (χ3n) is 5.95. The molecule has 172 valence electrons. The van der Waals surface area contributed by atoms with Gasteiger partial charge in [0.05, 0.1) is 21.5 Å². The third kappa shape index (κ3) is 5.29. The van der Waals surface area contributed by atoms with Crippen LogP contribution in [0.3, 0.4) is 0 Å². The standard InChI is InChI=1S/C26H27ClN2O3S/c1-19-10-12-21(13-11-19)25(20-8-4-2-5-9-20)28-26(30)23-18-22(14-15-24(23)27)33(31,32)29-16-6-3-7-17-29/h2,4-5,8-15,18,25H,3,6-7,16-17H2,1H3,(H,28,30). The predicted molar refractivity (Wildman–Crippen MR) is 131 cm³/mol. The van der Waals surface area contributed by atoms with E-state index in [4.69, 9.17) is 11.6 Å². The van der Waals surface area contributed by atoms with Crippen molar-refractivity contribution in [3.63, 3.8) is 0 Å². The molecule has 0 spiro atoms. The zero-order valence-electron chi connectivity index (χ0n) is 18.5. The minimum Gasteiger partial charge on any atom is -0.341 e. The Balaban J connectivity index is 1.66. The van der Waals surface area contributed by atoms with Gasteiger partial charge < -0.3 is 5.32 Å². The van der Waals surface area contributed by atoms with E-state index in [1.807, 2.05) is 61.5 Å². The Bertz CT molecular complexity index is 1220. The summed E-state index contributed by atoms with van der Waals surface area (Å²) >= 11 is 6.35. The van der Waals surface area contributed by atoms with Crippen LogP contribution < -0.4 is 5.32 Å². The molecule has 0 aromatic heterocycles. The molecule has 0 bridgehead atoms. The van der Waals surface area contributed by atoms with Gasteiger partial charge >= 0.3 is 0 Å². The average molecular weight is 483 g/mol. The van der Waals surface area contributed by atoms with E-state index < -0.39 is 22.0 Å². The summed E-state index contributed by atoms with van der Waals surface area (Å²) in [5.41, 5.74) is 3.11. The Labute approximate surface area is 200 Å². The lowest BCUT2D eigenvalue weighted by Gasteiger charge is -2.26. The number of carbonyl (C=O) groups is 1. The monoisotopic (exact) mass is 482 g/mol. The van der Waals surface area contributed by atoms with Crippen molar-refractivity contribution in [3.05, 3.63) is 100 Å². The molecule has 1 aliphatic rings. The quantitative estimate of drug-likeness (QED) is 0.515. The number of sulfonamides is 1. The van der Waals surface area contributed by atoms with E-state index in [-0.39, 0.29) is 15.5 Å². The van der Waals surface area contributed by atoms with Crippen LogP contribution in [0.1, 0.15) is 52.4 Å². The molecule has 1 fully saturated rings. The Hall–Kier alpha value is -2.67. The van der Waals surface area contributed by atoms with Gasteiger partial charge in [-0.3, -0.25) is 4.79 Å². The van der Waals surface area contributed by atoms with E-state index in [1.165, 1.54) is 22.5 Å². The van der Waals surface area contributed by atoms with Gasteiger partial charge in [0.2, 0.25) is 10.0 Å². The molecule has 1 heterocycles. The first kappa shape index (κ1) is 23.5. The lowest BCUT2D eigenvalue weighted by Crippen LogP contribution is -2.36. The number of halogens is 1. The molecule has 0 saturated carbocycles. The van der Waals surface area contributed by atoms with Crippen molar-refractivity contribution in [2.24, 2.45) is 0 Å². The van der Waals surface area contributed by atoms with Crippen molar-refractivity contribution in [2.45, 2.75) is 37.1 Å². The van der Waals surface area contributed by atoms with Crippen LogP contribution in [0.4, 0.5) is 0 Å². The van der Waals surface area contributed by atoms with E-state index in [2.05, 4.69) is 5.32 Å². The number of nitrogens with one attached hydrogen (secondary N) is 1. The fraction of sp³-hybridized carbons (Fsp3) is 0.269. The summed E-state index contributed by atoms with van der Waals surface area (Å²) in [6.07, 6.45) is 2.71. The molecule has 1 aliphatic heterocycles. The third-order valence-corrected chi connectivity index (χ3v) is 8.18. The first-order chi connectivity index (χ1) is 15.9. The predicted octanol–water partition coefficient (Wildman–Crippen LogP) is 5.34. The second kappa shape index (κ2) is 10.1. The summed E-state index contributed by atoms with van der Waals surface area (Å²) in [5, 5.41) is 3.26. The van der Waals surface area contributed by atoms with Crippen LogP contribution in [-0.4, -0.2) is 31.7 Å². The Kier molecular flexibility index (Phi) is 7.17. The van der Waals surface area contributed by atoms with E-state index in [9.17, 15) is 13.2 Å². The molecular weight excluding hydrogens is 456 g/mol. The molecule has 0 aliphatic carbocycles. The molecule has 0 radical (unpaired) electrons. The Morgan fingerprint density at radius 2 is 1.55 bits per heavy atom. The summed E-state index contributed by atoms with van der Waals surface area (Å²) in [6.45, 7) is 3.00. The molecule has 1 N–H and O–H groups in total.